The minimum Gasteiger partial charge on any atom is -0.294 e. The van der Waals surface area contributed by atoms with Crippen molar-refractivity contribution in [1.29, 1.82) is 0 Å². The van der Waals surface area contributed by atoms with E-state index in [2.05, 4.69) is 10.4 Å². The van der Waals surface area contributed by atoms with Crippen molar-refractivity contribution in [3.05, 3.63) is 30.1 Å². The van der Waals surface area contributed by atoms with Crippen LogP contribution in [0, 0.1) is 12.8 Å². The zero-order valence-corrected chi connectivity index (χ0v) is 10.4. The van der Waals surface area contributed by atoms with Gasteiger partial charge < -0.3 is 0 Å². The lowest BCUT2D eigenvalue weighted by atomic mass is 9.89. The summed E-state index contributed by atoms with van der Waals surface area (Å²) in [6, 6.07) is 5.86. The summed E-state index contributed by atoms with van der Waals surface area (Å²) in [7, 11) is 0. The van der Waals surface area contributed by atoms with Gasteiger partial charge >= 0.3 is 0 Å². The molecular formula is C13H21N3O. The van der Waals surface area contributed by atoms with E-state index in [-0.39, 0.29) is 11.8 Å². The van der Waals surface area contributed by atoms with Gasteiger partial charge in [-0.05, 0) is 31.9 Å². The van der Waals surface area contributed by atoms with Crippen molar-refractivity contribution in [3.63, 3.8) is 0 Å². The van der Waals surface area contributed by atoms with Crippen molar-refractivity contribution in [2.24, 2.45) is 11.8 Å². The van der Waals surface area contributed by atoms with E-state index in [0.717, 1.165) is 18.5 Å². The van der Waals surface area contributed by atoms with Crippen molar-refractivity contribution < 1.29 is 4.79 Å². The number of nitrogens with one attached hydrogen (secondary N) is 1. The Balaban J connectivity index is 0.000000181. The quantitative estimate of drug-likeness (QED) is 0.444. The van der Waals surface area contributed by atoms with Gasteiger partial charge in [0.05, 0.1) is 0 Å². The first kappa shape index (κ1) is 13.6. The smallest absolute Gasteiger partial charge is 0.236 e. The summed E-state index contributed by atoms with van der Waals surface area (Å²) < 4.78 is 0. The Bertz CT molecular complexity index is 321. The third kappa shape index (κ3) is 5.45. The highest BCUT2D eigenvalue weighted by Crippen LogP contribution is 2.23. The molecule has 3 N–H and O–H groups in total. The standard InChI is InChI=1S/C7H14N2O.C6H7N/c8-9-7(10)6-4-2-1-3-5-6;1-6-4-2-3-5-7-6/h6H,1-5,8H2,(H,9,10);2-5H,1H3. The first-order valence-corrected chi connectivity index (χ1v) is 6.12. The van der Waals surface area contributed by atoms with Crippen molar-refractivity contribution >= 4 is 5.91 Å². The fourth-order valence-electron chi connectivity index (χ4n) is 1.93. The normalized spacial score (nSPS) is 15.6. The van der Waals surface area contributed by atoms with Gasteiger partial charge in [-0.25, -0.2) is 5.84 Å². The number of aryl methyl sites for hydroxylation is 1. The number of nitrogens with zero attached hydrogens (tertiary/aromatic N) is 1. The Morgan fingerprint density at radius 2 is 2.06 bits per heavy atom. The molecule has 4 heteroatoms. The lowest BCUT2D eigenvalue weighted by Gasteiger charge is -2.19. The van der Waals surface area contributed by atoms with Gasteiger partial charge in [-0.1, -0.05) is 25.3 Å². The second kappa shape index (κ2) is 7.79. The third-order valence-corrected chi connectivity index (χ3v) is 2.93. The fraction of sp³-hybridized carbons (Fsp3) is 0.538. The van der Waals surface area contributed by atoms with Crippen LogP contribution >= 0.6 is 0 Å². The van der Waals surface area contributed by atoms with E-state index in [1.54, 1.807) is 6.20 Å². The molecule has 0 radical (unpaired) electrons. The van der Waals surface area contributed by atoms with Gasteiger partial charge in [0.1, 0.15) is 0 Å². The lowest BCUT2D eigenvalue weighted by Crippen LogP contribution is -2.36. The van der Waals surface area contributed by atoms with E-state index < -0.39 is 0 Å². The number of amides is 1. The van der Waals surface area contributed by atoms with E-state index in [4.69, 9.17) is 5.84 Å². The topological polar surface area (TPSA) is 68.0 Å². The predicted molar refractivity (Wildman–Crippen MR) is 67.9 cm³/mol. The molecule has 1 amide bonds. The highest BCUT2D eigenvalue weighted by atomic mass is 16.2. The SMILES string of the molecule is Cc1ccccn1.NNC(=O)C1CCCCC1. The van der Waals surface area contributed by atoms with Crippen LogP contribution in [0.5, 0.6) is 0 Å². The maximum Gasteiger partial charge on any atom is 0.236 e. The van der Waals surface area contributed by atoms with Gasteiger partial charge in [0.15, 0.2) is 0 Å². The Morgan fingerprint density at radius 1 is 1.35 bits per heavy atom. The van der Waals surface area contributed by atoms with Gasteiger partial charge in [-0.2, -0.15) is 0 Å². The summed E-state index contributed by atoms with van der Waals surface area (Å²) in [5.41, 5.74) is 3.27. The Morgan fingerprint density at radius 3 is 2.47 bits per heavy atom. The van der Waals surface area contributed by atoms with Crippen LogP contribution in [0.1, 0.15) is 37.8 Å². The van der Waals surface area contributed by atoms with Crippen molar-refractivity contribution in [2.45, 2.75) is 39.0 Å². The molecule has 94 valence electrons. The summed E-state index contributed by atoms with van der Waals surface area (Å²) in [5, 5.41) is 0. The third-order valence-electron chi connectivity index (χ3n) is 2.93. The minimum atomic E-state index is 0.0136. The molecular weight excluding hydrogens is 214 g/mol. The van der Waals surface area contributed by atoms with Crippen LogP contribution in [0.4, 0.5) is 0 Å². The molecule has 0 unspecified atom stereocenters. The van der Waals surface area contributed by atoms with E-state index in [0.29, 0.717) is 0 Å². The summed E-state index contributed by atoms with van der Waals surface area (Å²) in [6.07, 6.45) is 7.45. The van der Waals surface area contributed by atoms with Crippen molar-refractivity contribution in [2.75, 3.05) is 0 Å². The number of aromatic nitrogens is 1. The minimum absolute atomic E-state index is 0.0136. The van der Waals surface area contributed by atoms with Gasteiger partial charge in [-0.15, -0.1) is 0 Å². The first-order valence-electron chi connectivity index (χ1n) is 6.12. The molecule has 1 aliphatic rings. The van der Waals surface area contributed by atoms with E-state index in [1.807, 2.05) is 25.1 Å². The predicted octanol–water partition coefficient (Wildman–Crippen LogP) is 1.95. The monoisotopic (exact) mass is 235 g/mol. The number of nitrogens with two attached hydrogens (primary N) is 1. The number of rotatable bonds is 1. The molecule has 1 aromatic rings. The average molecular weight is 235 g/mol. The van der Waals surface area contributed by atoms with E-state index >= 15 is 0 Å². The zero-order valence-electron chi connectivity index (χ0n) is 10.4. The number of pyridine rings is 1. The molecule has 1 heterocycles. The molecule has 2 rings (SSSR count). The van der Waals surface area contributed by atoms with Crippen LogP contribution in [-0.4, -0.2) is 10.9 Å². The second-order valence-electron chi connectivity index (χ2n) is 4.31. The first-order chi connectivity index (χ1) is 8.24. The number of hydrogen-bond donors (Lipinski definition) is 2. The Labute approximate surface area is 103 Å². The zero-order chi connectivity index (χ0) is 12.5. The maximum atomic E-state index is 10.9. The molecule has 1 aliphatic carbocycles. The van der Waals surface area contributed by atoms with E-state index in [1.165, 1.54) is 19.3 Å². The van der Waals surface area contributed by atoms with Crippen LogP contribution in [0.15, 0.2) is 24.4 Å². The Kier molecular flexibility index (Phi) is 6.25. The molecule has 1 saturated carbocycles. The lowest BCUT2D eigenvalue weighted by molar-refractivity contribution is -0.125. The molecule has 0 aliphatic heterocycles. The molecule has 0 aromatic carbocycles. The van der Waals surface area contributed by atoms with Crippen LogP contribution in [0.3, 0.4) is 0 Å². The summed E-state index contributed by atoms with van der Waals surface area (Å²) in [4.78, 5) is 14.9. The summed E-state index contributed by atoms with van der Waals surface area (Å²) in [5.74, 6) is 5.21. The van der Waals surface area contributed by atoms with Crippen LogP contribution < -0.4 is 11.3 Å². The van der Waals surface area contributed by atoms with Crippen LogP contribution in [0.25, 0.3) is 0 Å². The van der Waals surface area contributed by atoms with Crippen molar-refractivity contribution in [3.8, 4) is 0 Å². The maximum absolute atomic E-state index is 10.9. The summed E-state index contributed by atoms with van der Waals surface area (Å²) >= 11 is 0. The number of carbonyl (C=O) groups excluding carboxylic acids is 1. The van der Waals surface area contributed by atoms with Gasteiger partial charge in [0.25, 0.3) is 0 Å². The molecule has 0 saturated heterocycles. The highest BCUT2D eigenvalue weighted by Gasteiger charge is 2.19. The molecule has 0 bridgehead atoms. The van der Waals surface area contributed by atoms with Gasteiger partial charge in [0.2, 0.25) is 5.91 Å². The average Bonchev–Trinajstić information content (AvgIpc) is 2.40. The molecule has 0 atom stereocenters. The summed E-state index contributed by atoms with van der Waals surface area (Å²) in [6.45, 7) is 1.97. The number of hydrogen-bond acceptors (Lipinski definition) is 3. The number of carbonyl (C=O) groups is 1. The number of hydrazine groups is 1. The Hall–Kier alpha value is -1.42. The molecule has 17 heavy (non-hydrogen) atoms. The molecule has 0 spiro atoms. The van der Waals surface area contributed by atoms with Crippen LogP contribution in [0.2, 0.25) is 0 Å². The molecule has 1 aromatic heterocycles. The molecule has 4 nitrogen and oxygen atoms in total. The fourth-order valence-corrected chi connectivity index (χ4v) is 1.93. The van der Waals surface area contributed by atoms with Gasteiger partial charge in [-0.3, -0.25) is 15.2 Å². The van der Waals surface area contributed by atoms with E-state index in [9.17, 15) is 4.79 Å². The largest absolute Gasteiger partial charge is 0.294 e. The highest BCUT2D eigenvalue weighted by molar-refractivity contribution is 5.77. The van der Waals surface area contributed by atoms with Crippen molar-refractivity contribution in [1.82, 2.24) is 10.4 Å². The van der Waals surface area contributed by atoms with Gasteiger partial charge in [0, 0.05) is 17.8 Å². The second-order valence-corrected chi connectivity index (χ2v) is 4.31. The van der Waals surface area contributed by atoms with Crippen LogP contribution in [-0.2, 0) is 4.79 Å². The molecule has 1 fully saturated rings.